The number of benzene rings is 2. The van der Waals surface area contributed by atoms with Crippen molar-refractivity contribution < 1.29 is 8.42 Å². The minimum atomic E-state index is -3.25. The third kappa shape index (κ3) is 3.82. The zero-order chi connectivity index (χ0) is 17.3. The lowest BCUT2D eigenvalue weighted by atomic mass is 10.00. The third-order valence-corrected chi connectivity index (χ3v) is 6.60. The van der Waals surface area contributed by atoms with Crippen LogP contribution in [0.5, 0.6) is 0 Å². The summed E-state index contributed by atoms with van der Waals surface area (Å²) in [6.45, 7) is 3.40. The third-order valence-electron chi connectivity index (χ3n) is 4.51. The molecular formula is C19H22ClNO2S. The Morgan fingerprint density at radius 2 is 1.92 bits per heavy atom. The largest absolute Gasteiger partial charge is 0.214 e. The summed E-state index contributed by atoms with van der Waals surface area (Å²) in [7, 11) is -3.25. The first-order valence-corrected chi connectivity index (χ1v) is 10.1. The molecule has 0 fully saturated rings. The highest BCUT2D eigenvalue weighted by atomic mass is 35.5. The van der Waals surface area contributed by atoms with E-state index in [0.29, 0.717) is 0 Å². The first-order chi connectivity index (χ1) is 11.3. The summed E-state index contributed by atoms with van der Waals surface area (Å²) in [6.07, 6.45) is 2.56. The molecule has 24 heavy (non-hydrogen) atoms. The van der Waals surface area contributed by atoms with E-state index in [1.165, 1.54) is 16.7 Å². The van der Waals surface area contributed by atoms with Gasteiger partial charge in [-0.1, -0.05) is 41.9 Å². The van der Waals surface area contributed by atoms with Crippen molar-refractivity contribution in [1.29, 1.82) is 0 Å². The van der Waals surface area contributed by atoms with Crippen molar-refractivity contribution in [3.63, 3.8) is 0 Å². The zero-order valence-corrected chi connectivity index (χ0v) is 15.5. The van der Waals surface area contributed by atoms with E-state index >= 15 is 0 Å². The Kier molecular flexibility index (Phi) is 5.00. The molecule has 3 rings (SSSR count). The Bertz CT molecular complexity index is 846. The summed E-state index contributed by atoms with van der Waals surface area (Å²) in [6, 6.07) is 14.1. The van der Waals surface area contributed by atoms with Gasteiger partial charge in [-0.2, -0.15) is 0 Å². The van der Waals surface area contributed by atoms with Crippen LogP contribution < -0.4 is 4.72 Å². The number of halogens is 1. The van der Waals surface area contributed by atoms with Gasteiger partial charge < -0.3 is 0 Å². The lowest BCUT2D eigenvalue weighted by Crippen LogP contribution is -2.33. The fourth-order valence-corrected chi connectivity index (χ4v) is 4.25. The van der Waals surface area contributed by atoms with Gasteiger partial charge in [0.25, 0.3) is 0 Å². The predicted octanol–water partition coefficient (Wildman–Crippen LogP) is 4.25. The van der Waals surface area contributed by atoms with Gasteiger partial charge in [-0.25, -0.2) is 13.1 Å². The average molecular weight is 364 g/mol. The van der Waals surface area contributed by atoms with Gasteiger partial charge in [0, 0.05) is 11.1 Å². The second-order valence-corrected chi connectivity index (χ2v) is 9.35. The molecule has 0 radical (unpaired) electrons. The lowest BCUT2D eigenvalue weighted by molar-refractivity contribution is 0.546. The number of rotatable bonds is 5. The van der Waals surface area contributed by atoms with Crippen molar-refractivity contribution in [3.8, 4) is 0 Å². The molecule has 128 valence electrons. The summed E-state index contributed by atoms with van der Waals surface area (Å²) in [5, 5.41) is 0.334. The van der Waals surface area contributed by atoms with Crippen LogP contribution in [0.1, 0.15) is 48.6 Å². The number of hydrogen-bond acceptors (Lipinski definition) is 2. The molecule has 2 aromatic carbocycles. The van der Waals surface area contributed by atoms with E-state index in [1.54, 1.807) is 13.8 Å². The van der Waals surface area contributed by atoms with E-state index in [2.05, 4.69) is 29.0 Å². The van der Waals surface area contributed by atoms with Crippen molar-refractivity contribution in [3.05, 3.63) is 69.7 Å². The lowest BCUT2D eigenvalue weighted by Gasteiger charge is -2.16. The van der Waals surface area contributed by atoms with Crippen LogP contribution in [0.25, 0.3) is 0 Å². The second-order valence-electron chi connectivity index (χ2n) is 6.64. The minimum Gasteiger partial charge on any atom is -0.212 e. The second kappa shape index (κ2) is 6.87. The van der Waals surface area contributed by atoms with Gasteiger partial charge in [0.05, 0.1) is 5.25 Å². The minimum absolute atomic E-state index is 0.104. The number of nitrogens with one attached hydrogen (secondary N) is 1. The fraction of sp³-hybridized carbons (Fsp3) is 0.368. The van der Waals surface area contributed by atoms with Gasteiger partial charge in [0.1, 0.15) is 0 Å². The normalized spacial score (nSPS) is 17.2. The van der Waals surface area contributed by atoms with Crippen LogP contribution in [0.4, 0.5) is 0 Å². The molecule has 1 aliphatic carbocycles. The van der Waals surface area contributed by atoms with E-state index in [-0.39, 0.29) is 6.04 Å². The van der Waals surface area contributed by atoms with E-state index in [9.17, 15) is 8.42 Å². The van der Waals surface area contributed by atoms with Crippen LogP contribution in [0.3, 0.4) is 0 Å². The van der Waals surface area contributed by atoms with Crippen LogP contribution in [-0.2, 0) is 22.9 Å². The summed E-state index contributed by atoms with van der Waals surface area (Å²) >= 11 is 6.05. The Morgan fingerprint density at radius 3 is 2.62 bits per heavy atom. The van der Waals surface area contributed by atoms with E-state index in [0.717, 1.165) is 29.8 Å². The molecule has 1 atom stereocenters. The van der Waals surface area contributed by atoms with Gasteiger partial charge in [0.2, 0.25) is 10.0 Å². The van der Waals surface area contributed by atoms with E-state index in [1.807, 2.05) is 18.2 Å². The molecule has 1 N–H and O–H groups in total. The maximum Gasteiger partial charge on any atom is 0.214 e. The van der Waals surface area contributed by atoms with E-state index in [4.69, 9.17) is 11.6 Å². The molecule has 5 heteroatoms. The molecule has 0 saturated carbocycles. The molecular weight excluding hydrogens is 342 g/mol. The Morgan fingerprint density at radius 1 is 1.17 bits per heavy atom. The average Bonchev–Trinajstić information content (AvgIpc) is 2.89. The number of sulfonamides is 1. The maximum atomic E-state index is 12.1. The first-order valence-electron chi connectivity index (χ1n) is 8.22. The molecule has 0 spiro atoms. The number of fused-ring (bicyclic) bond motifs is 1. The summed E-state index contributed by atoms with van der Waals surface area (Å²) in [5.41, 5.74) is 4.75. The van der Waals surface area contributed by atoms with E-state index < -0.39 is 15.3 Å². The summed E-state index contributed by atoms with van der Waals surface area (Å²) in [4.78, 5) is 0. The van der Waals surface area contributed by atoms with Crippen LogP contribution in [0.2, 0.25) is 5.02 Å². The molecule has 3 nitrogen and oxygen atoms in total. The van der Waals surface area contributed by atoms with Gasteiger partial charge >= 0.3 is 0 Å². The van der Waals surface area contributed by atoms with Crippen molar-refractivity contribution in [1.82, 2.24) is 4.72 Å². The Hall–Kier alpha value is -1.36. The van der Waals surface area contributed by atoms with Gasteiger partial charge in [-0.15, -0.1) is 0 Å². The molecule has 0 amide bonds. The monoisotopic (exact) mass is 363 g/mol. The standard InChI is InChI=1S/C19H22ClNO2S/c1-13(2)24(22,23)21-19-9-7-16-11-15(6-8-18(16)19)10-14-4-3-5-17(20)12-14/h3-6,8,11-13,19,21H,7,9-10H2,1-2H3. The molecule has 0 bridgehead atoms. The smallest absolute Gasteiger partial charge is 0.212 e. The van der Waals surface area contributed by atoms with Gasteiger partial charge in [-0.05, 0) is 67.5 Å². The molecule has 0 aliphatic heterocycles. The van der Waals surface area contributed by atoms with Crippen molar-refractivity contribution in [2.45, 2.75) is 44.4 Å². The topological polar surface area (TPSA) is 46.2 Å². The van der Waals surface area contributed by atoms with Gasteiger partial charge in [0.15, 0.2) is 0 Å². The highest BCUT2D eigenvalue weighted by Crippen LogP contribution is 2.33. The predicted molar refractivity (Wildman–Crippen MR) is 99.0 cm³/mol. The van der Waals surface area contributed by atoms with Crippen molar-refractivity contribution >= 4 is 21.6 Å². The van der Waals surface area contributed by atoms with Crippen LogP contribution >= 0.6 is 11.6 Å². The molecule has 1 unspecified atom stereocenters. The highest BCUT2D eigenvalue weighted by Gasteiger charge is 2.28. The summed E-state index contributed by atoms with van der Waals surface area (Å²) in [5.74, 6) is 0. The molecule has 0 aromatic heterocycles. The van der Waals surface area contributed by atoms with Gasteiger partial charge in [-0.3, -0.25) is 0 Å². The molecule has 2 aromatic rings. The summed E-state index contributed by atoms with van der Waals surface area (Å²) < 4.78 is 27.1. The van der Waals surface area contributed by atoms with Crippen LogP contribution in [0, 0.1) is 0 Å². The van der Waals surface area contributed by atoms with Crippen LogP contribution in [0.15, 0.2) is 42.5 Å². The highest BCUT2D eigenvalue weighted by molar-refractivity contribution is 7.90. The molecule has 1 aliphatic rings. The molecule has 0 saturated heterocycles. The Balaban J connectivity index is 1.78. The first kappa shape index (κ1) is 17.5. The van der Waals surface area contributed by atoms with Crippen LogP contribution in [-0.4, -0.2) is 13.7 Å². The zero-order valence-electron chi connectivity index (χ0n) is 13.9. The Labute approximate surface area is 149 Å². The molecule has 0 heterocycles. The van der Waals surface area contributed by atoms with Crippen molar-refractivity contribution in [2.75, 3.05) is 0 Å². The quantitative estimate of drug-likeness (QED) is 0.863. The fourth-order valence-electron chi connectivity index (χ4n) is 3.12. The number of aryl methyl sites for hydroxylation is 1. The van der Waals surface area contributed by atoms with Crippen molar-refractivity contribution in [2.24, 2.45) is 0 Å². The maximum absolute atomic E-state index is 12.1. The SMILES string of the molecule is CC(C)S(=O)(=O)NC1CCc2cc(Cc3cccc(Cl)c3)ccc21. The number of hydrogen-bond donors (Lipinski definition) is 1.